The third kappa shape index (κ3) is 3.46. The molecule has 1 aliphatic carbocycles. The van der Waals surface area contributed by atoms with Crippen molar-refractivity contribution in [2.45, 2.75) is 52.2 Å². The Morgan fingerprint density at radius 1 is 1.43 bits per heavy atom. The molecule has 0 aromatic heterocycles. The van der Waals surface area contributed by atoms with Crippen molar-refractivity contribution in [3.05, 3.63) is 0 Å². The van der Waals surface area contributed by atoms with Crippen LogP contribution in [-0.4, -0.2) is 17.6 Å². The van der Waals surface area contributed by atoms with Crippen LogP contribution in [0.5, 0.6) is 0 Å². The summed E-state index contributed by atoms with van der Waals surface area (Å²) in [5, 5.41) is 0. The molecule has 14 heavy (non-hydrogen) atoms. The lowest BCUT2D eigenvalue weighted by atomic mass is 9.70. The van der Waals surface area contributed by atoms with Gasteiger partial charge >= 0.3 is 5.97 Å². The monoisotopic (exact) mass is 221 g/mol. The fourth-order valence-electron chi connectivity index (χ4n) is 1.56. The highest BCUT2D eigenvalue weighted by atomic mass is 35.5. The number of hydrogen-bond acceptors (Lipinski definition) is 3. The SMILES string of the molecule is CC1(C)CC(OC(=O)C(C)(C)N)C1.Cl. The van der Waals surface area contributed by atoms with Crippen LogP contribution in [0.3, 0.4) is 0 Å². The predicted molar refractivity (Wildman–Crippen MR) is 58.4 cm³/mol. The van der Waals surface area contributed by atoms with E-state index in [0.29, 0.717) is 5.41 Å². The molecule has 0 aliphatic heterocycles. The maximum absolute atomic E-state index is 11.3. The van der Waals surface area contributed by atoms with Crippen LogP contribution in [0.2, 0.25) is 0 Å². The molecule has 2 N–H and O–H groups in total. The Hall–Kier alpha value is -0.280. The molecule has 0 aromatic carbocycles. The summed E-state index contributed by atoms with van der Waals surface area (Å²) in [5.74, 6) is -0.298. The van der Waals surface area contributed by atoms with E-state index >= 15 is 0 Å². The van der Waals surface area contributed by atoms with Gasteiger partial charge < -0.3 is 10.5 Å². The first-order valence-electron chi connectivity index (χ1n) is 4.71. The number of hydrogen-bond donors (Lipinski definition) is 1. The molecule has 1 saturated carbocycles. The van der Waals surface area contributed by atoms with Crippen molar-refractivity contribution in [1.29, 1.82) is 0 Å². The minimum absolute atomic E-state index is 0. The van der Waals surface area contributed by atoms with Gasteiger partial charge in [0.1, 0.15) is 11.6 Å². The van der Waals surface area contributed by atoms with E-state index in [2.05, 4.69) is 13.8 Å². The second-order valence-corrected chi connectivity index (χ2v) is 5.32. The van der Waals surface area contributed by atoms with Gasteiger partial charge in [-0.05, 0) is 32.1 Å². The number of ether oxygens (including phenoxy) is 1. The highest BCUT2D eigenvalue weighted by Gasteiger charge is 2.40. The van der Waals surface area contributed by atoms with Crippen LogP contribution in [0.25, 0.3) is 0 Å². The van der Waals surface area contributed by atoms with Gasteiger partial charge in [0.2, 0.25) is 0 Å². The summed E-state index contributed by atoms with van der Waals surface area (Å²) in [6, 6.07) is 0. The molecule has 4 heteroatoms. The van der Waals surface area contributed by atoms with Crippen LogP contribution in [0.1, 0.15) is 40.5 Å². The lowest BCUT2D eigenvalue weighted by Crippen LogP contribution is -2.48. The standard InChI is InChI=1S/C10H19NO2.ClH/c1-9(2)5-7(6-9)13-8(12)10(3,4)11;/h7H,5-6,11H2,1-4H3;1H. The van der Waals surface area contributed by atoms with E-state index in [9.17, 15) is 4.79 Å². The van der Waals surface area contributed by atoms with Crippen molar-refractivity contribution in [3.8, 4) is 0 Å². The molecular formula is C10H20ClNO2. The van der Waals surface area contributed by atoms with Gasteiger partial charge in [-0.2, -0.15) is 0 Å². The normalized spacial score (nSPS) is 20.6. The first-order valence-corrected chi connectivity index (χ1v) is 4.71. The maximum Gasteiger partial charge on any atom is 0.325 e. The molecule has 0 spiro atoms. The van der Waals surface area contributed by atoms with Crippen LogP contribution in [0, 0.1) is 5.41 Å². The molecule has 84 valence electrons. The van der Waals surface area contributed by atoms with E-state index in [0.717, 1.165) is 12.8 Å². The van der Waals surface area contributed by atoms with Gasteiger partial charge in [-0.1, -0.05) is 13.8 Å². The van der Waals surface area contributed by atoms with Gasteiger partial charge in [0.05, 0.1) is 0 Å². The Bertz CT molecular complexity index is 213. The average molecular weight is 222 g/mol. The van der Waals surface area contributed by atoms with Gasteiger partial charge in [-0.25, -0.2) is 0 Å². The van der Waals surface area contributed by atoms with Crippen LogP contribution < -0.4 is 5.73 Å². The molecule has 1 fully saturated rings. The fraction of sp³-hybridized carbons (Fsp3) is 0.900. The van der Waals surface area contributed by atoms with Crippen LogP contribution in [0.4, 0.5) is 0 Å². The number of halogens is 1. The summed E-state index contributed by atoms with van der Waals surface area (Å²) in [7, 11) is 0. The molecule has 0 amide bonds. The second kappa shape index (κ2) is 4.07. The predicted octanol–water partition coefficient (Wildman–Crippen LogP) is 1.88. The van der Waals surface area contributed by atoms with Crippen molar-refractivity contribution in [2.75, 3.05) is 0 Å². The van der Waals surface area contributed by atoms with Crippen molar-refractivity contribution in [2.24, 2.45) is 11.1 Å². The van der Waals surface area contributed by atoms with E-state index in [4.69, 9.17) is 10.5 Å². The van der Waals surface area contributed by atoms with Gasteiger partial charge in [-0.15, -0.1) is 12.4 Å². The Kier molecular flexibility index (Phi) is 3.99. The highest BCUT2D eigenvalue weighted by molar-refractivity contribution is 5.85. The Balaban J connectivity index is 0.00000169. The zero-order valence-electron chi connectivity index (χ0n) is 9.29. The Morgan fingerprint density at radius 2 is 1.86 bits per heavy atom. The minimum Gasteiger partial charge on any atom is -0.461 e. The molecule has 1 aliphatic rings. The molecule has 3 nitrogen and oxygen atoms in total. The summed E-state index contributed by atoms with van der Waals surface area (Å²) >= 11 is 0. The molecule has 0 saturated heterocycles. The quantitative estimate of drug-likeness (QED) is 0.725. The number of carbonyl (C=O) groups is 1. The van der Waals surface area contributed by atoms with Crippen LogP contribution >= 0.6 is 12.4 Å². The smallest absolute Gasteiger partial charge is 0.325 e. The summed E-state index contributed by atoms with van der Waals surface area (Å²) < 4.78 is 5.22. The van der Waals surface area contributed by atoms with E-state index in [-0.39, 0.29) is 24.5 Å². The molecule has 0 atom stereocenters. The molecule has 0 aromatic rings. The van der Waals surface area contributed by atoms with Crippen LogP contribution in [0.15, 0.2) is 0 Å². The Labute approximate surface area is 91.8 Å². The highest BCUT2D eigenvalue weighted by Crippen LogP contribution is 2.41. The summed E-state index contributed by atoms with van der Waals surface area (Å²) in [4.78, 5) is 11.3. The van der Waals surface area contributed by atoms with E-state index < -0.39 is 5.54 Å². The fourth-order valence-corrected chi connectivity index (χ4v) is 1.56. The minimum atomic E-state index is -0.861. The van der Waals surface area contributed by atoms with E-state index in [1.165, 1.54) is 0 Å². The van der Waals surface area contributed by atoms with Gasteiger partial charge in [0.25, 0.3) is 0 Å². The maximum atomic E-state index is 11.3. The van der Waals surface area contributed by atoms with Crippen molar-refractivity contribution >= 4 is 18.4 Å². The third-order valence-corrected chi connectivity index (χ3v) is 2.36. The second-order valence-electron chi connectivity index (χ2n) is 5.32. The lowest BCUT2D eigenvalue weighted by Gasteiger charge is -2.42. The Morgan fingerprint density at radius 3 is 2.14 bits per heavy atom. The number of nitrogens with two attached hydrogens (primary N) is 1. The van der Waals surface area contributed by atoms with Gasteiger partial charge in [0.15, 0.2) is 0 Å². The summed E-state index contributed by atoms with van der Waals surface area (Å²) in [6.45, 7) is 7.67. The number of esters is 1. The molecule has 1 rings (SSSR count). The topological polar surface area (TPSA) is 52.3 Å². The molecule has 0 bridgehead atoms. The zero-order chi connectivity index (χ0) is 10.3. The molecule has 0 heterocycles. The first-order chi connectivity index (χ1) is 5.71. The average Bonchev–Trinajstić information content (AvgIpc) is 1.80. The number of carbonyl (C=O) groups excluding carboxylic acids is 1. The van der Waals surface area contributed by atoms with E-state index in [1.807, 2.05) is 0 Å². The number of rotatable bonds is 2. The third-order valence-electron chi connectivity index (χ3n) is 2.36. The zero-order valence-corrected chi connectivity index (χ0v) is 10.1. The largest absolute Gasteiger partial charge is 0.461 e. The van der Waals surface area contributed by atoms with Crippen molar-refractivity contribution in [3.63, 3.8) is 0 Å². The molecule has 0 unspecified atom stereocenters. The van der Waals surface area contributed by atoms with Gasteiger partial charge in [-0.3, -0.25) is 4.79 Å². The molecular weight excluding hydrogens is 202 g/mol. The van der Waals surface area contributed by atoms with Crippen molar-refractivity contribution < 1.29 is 9.53 Å². The summed E-state index contributed by atoms with van der Waals surface area (Å²) in [5.41, 5.74) is 5.07. The molecule has 0 radical (unpaired) electrons. The first kappa shape index (κ1) is 13.7. The van der Waals surface area contributed by atoms with Crippen LogP contribution in [-0.2, 0) is 9.53 Å². The lowest BCUT2D eigenvalue weighted by molar-refractivity contribution is -0.164. The summed E-state index contributed by atoms with van der Waals surface area (Å²) in [6.07, 6.45) is 1.99. The van der Waals surface area contributed by atoms with E-state index in [1.54, 1.807) is 13.8 Å². The van der Waals surface area contributed by atoms with Gasteiger partial charge in [0, 0.05) is 0 Å². The van der Waals surface area contributed by atoms with Crippen molar-refractivity contribution in [1.82, 2.24) is 0 Å².